The first-order valence-corrected chi connectivity index (χ1v) is 8.45. The van der Waals surface area contributed by atoms with E-state index in [1.54, 1.807) is 13.8 Å². The molecule has 0 unspecified atom stereocenters. The predicted molar refractivity (Wildman–Crippen MR) is 78.3 cm³/mol. The molecule has 7 heteroatoms. The zero-order valence-corrected chi connectivity index (χ0v) is 13.2. The molecule has 0 radical (unpaired) electrons. The van der Waals surface area contributed by atoms with Crippen LogP contribution in [0.1, 0.15) is 11.1 Å². The lowest BCUT2D eigenvalue weighted by atomic mass is 10.1. The second-order valence-corrected chi connectivity index (χ2v) is 6.92. The molecule has 0 aromatic heterocycles. The predicted octanol–water partition coefficient (Wildman–Crippen LogP) is 1.05. The highest BCUT2D eigenvalue weighted by atomic mass is 32.2. The van der Waals surface area contributed by atoms with Crippen LogP contribution in [0, 0.1) is 19.7 Å². The SMILES string of the molecule is Cc1cc(F)cc(C)c1S(=O)(=O)NCCN1CCOCC1. The Balaban J connectivity index is 2.01. The van der Waals surface area contributed by atoms with Gasteiger partial charge in [-0.2, -0.15) is 0 Å². The van der Waals surface area contributed by atoms with E-state index in [-0.39, 0.29) is 4.90 Å². The molecule has 1 saturated heterocycles. The molecule has 0 atom stereocenters. The average molecular weight is 316 g/mol. The van der Waals surface area contributed by atoms with Crippen molar-refractivity contribution in [3.8, 4) is 0 Å². The minimum absolute atomic E-state index is 0.172. The molecule has 0 bridgehead atoms. The van der Waals surface area contributed by atoms with Gasteiger partial charge in [-0.3, -0.25) is 4.90 Å². The van der Waals surface area contributed by atoms with E-state index in [0.29, 0.717) is 37.4 Å². The van der Waals surface area contributed by atoms with Crippen molar-refractivity contribution in [2.24, 2.45) is 0 Å². The molecule has 1 aromatic carbocycles. The van der Waals surface area contributed by atoms with Crippen LogP contribution in [0.25, 0.3) is 0 Å². The summed E-state index contributed by atoms with van der Waals surface area (Å²) < 4.78 is 45.8. The molecule has 1 fully saturated rings. The number of benzene rings is 1. The molecule has 0 saturated carbocycles. The molecule has 1 aliphatic rings. The Bertz CT molecular complexity index is 575. The number of hydrogen-bond donors (Lipinski definition) is 1. The summed E-state index contributed by atoms with van der Waals surface area (Å²) in [6.07, 6.45) is 0. The van der Waals surface area contributed by atoms with Crippen molar-refractivity contribution in [2.45, 2.75) is 18.7 Å². The number of aryl methyl sites for hydroxylation is 2. The highest BCUT2D eigenvalue weighted by Gasteiger charge is 2.20. The fourth-order valence-electron chi connectivity index (χ4n) is 2.56. The summed E-state index contributed by atoms with van der Waals surface area (Å²) in [6.45, 7) is 7.18. The molecule has 1 N–H and O–H groups in total. The van der Waals surface area contributed by atoms with Gasteiger partial charge in [0.25, 0.3) is 0 Å². The average Bonchev–Trinajstić information content (AvgIpc) is 2.38. The Morgan fingerprint density at radius 1 is 1.24 bits per heavy atom. The van der Waals surface area contributed by atoms with Crippen molar-refractivity contribution in [3.05, 3.63) is 29.1 Å². The zero-order valence-electron chi connectivity index (χ0n) is 12.4. The lowest BCUT2D eigenvalue weighted by Crippen LogP contribution is -2.41. The minimum Gasteiger partial charge on any atom is -0.379 e. The molecule has 1 aromatic rings. The minimum atomic E-state index is -3.61. The third-order valence-electron chi connectivity index (χ3n) is 3.52. The van der Waals surface area contributed by atoms with Crippen LogP contribution in [0.4, 0.5) is 4.39 Å². The standard InChI is InChI=1S/C14H21FN2O3S/c1-11-9-13(15)10-12(2)14(11)21(18,19)16-3-4-17-5-7-20-8-6-17/h9-10,16H,3-8H2,1-2H3. The van der Waals surface area contributed by atoms with Crippen LogP contribution in [-0.4, -0.2) is 52.7 Å². The third-order valence-corrected chi connectivity index (χ3v) is 5.28. The maximum atomic E-state index is 13.3. The number of nitrogens with zero attached hydrogens (tertiary/aromatic N) is 1. The van der Waals surface area contributed by atoms with Crippen molar-refractivity contribution in [1.29, 1.82) is 0 Å². The quantitative estimate of drug-likeness (QED) is 0.882. The van der Waals surface area contributed by atoms with E-state index in [0.717, 1.165) is 13.1 Å². The Hall–Kier alpha value is -1.02. The van der Waals surface area contributed by atoms with Crippen molar-refractivity contribution < 1.29 is 17.5 Å². The van der Waals surface area contributed by atoms with Crippen molar-refractivity contribution in [1.82, 2.24) is 9.62 Å². The van der Waals surface area contributed by atoms with Crippen molar-refractivity contribution >= 4 is 10.0 Å². The molecule has 0 amide bonds. The van der Waals surface area contributed by atoms with Crippen LogP contribution in [0.5, 0.6) is 0 Å². The molecular weight excluding hydrogens is 295 g/mol. The van der Waals surface area contributed by atoms with Gasteiger partial charge in [-0.15, -0.1) is 0 Å². The highest BCUT2D eigenvalue weighted by Crippen LogP contribution is 2.21. The van der Waals surface area contributed by atoms with Crippen LogP contribution in [0.15, 0.2) is 17.0 Å². The molecule has 1 heterocycles. The Labute approximate surface area is 125 Å². The summed E-state index contributed by atoms with van der Waals surface area (Å²) in [7, 11) is -3.61. The Morgan fingerprint density at radius 3 is 2.38 bits per heavy atom. The van der Waals surface area contributed by atoms with Crippen LogP contribution in [0.2, 0.25) is 0 Å². The van der Waals surface area contributed by atoms with Crippen LogP contribution < -0.4 is 4.72 Å². The number of ether oxygens (including phenoxy) is 1. The van der Waals surface area contributed by atoms with Gasteiger partial charge in [-0.25, -0.2) is 17.5 Å². The lowest BCUT2D eigenvalue weighted by molar-refractivity contribution is 0.0390. The van der Waals surface area contributed by atoms with Crippen molar-refractivity contribution in [2.75, 3.05) is 39.4 Å². The maximum Gasteiger partial charge on any atom is 0.241 e. The summed E-state index contributed by atoms with van der Waals surface area (Å²) in [6, 6.07) is 2.48. The summed E-state index contributed by atoms with van der Waals surface area (Å²) >= 11 is 0. The van der Waals surface area contributed by atoms with E-state index in [1.807, 2.05) is 0 Å². The molecule has 5 nitrogen and oxygen atoms in total. The maximum absolute atomic E-state index is 13.3. The van der Waals surface area contributed by atoms with Gasteiger partial charge in [0, 0.05) is 26.2 Å². The first kappa shape index (κ1) is 16.4. The molecular formula is C14H21FN2O3S. The summed E-state index contributed by atoms with van der Waals surface area (Å²) in [5, 5.41) is 0. The largest absolute Gasteiger partial charge is 0.379 e. The summed E-state index contributed by atoms with van der Waals surface area (Å²) in [4.78, 5) is 2.32. The number of morpholine rings is 1. The second kappa shape index (κ2) is 6.83. The lowest BCUT2D eigenvalue weighted by Gasteiger charge is -2.26. The number of sulfonamides is 1. The highest BCUT2D eigenvalue weighted by molar-refractivity contribution is 7.89. The molecule has 2 rings (SSSR count). The van der Waals surface area contributed by atoms with Crippen LogP contribution in [0.3, 0.4) is 0 Å². The van der Waals surface area contributed by atoms with E-state index in [2.05, 4.69) is 9.62 Å². The fourth-order valence-corrected chi connectivity index (χ4v) is 4.03. The monoisotopic (exact) mass is 316 g/mol. The van der Waals surface area contributed by atoms with Gasteiger partial charge in [0.15, 0.2) is 0 Å². The summed E-state index contributed by atoms with van der Waals surface area (Å²) in [5.41, 5.74) is 0.845. The van der Waals surface area contributed by atoms with E-state index in [1.165, 1.54) is 12.1 Å². The van der Waals surface area contributed by atoms with Gasteiger partial charge in [0.2, 0.25) is 10.0 Å². The smallest absolute Gasteiger partial charge is 0.241 e. The number of halogens is 1. The normalized spacial score (nSPS) is 17.1. The number of nitrogens with one attached hydrogen (secondary N) is 1. The number of hydrogen-bond acceptors (Lipinski definition) is 4. The Kier molecular flexibility index (Phi) is 5.32. The second-order valence-electron chi connectivity index (χ2n) is 5.22. The molecule has 118 valence electrons. The first-order chi connectivity index (χ1) is 9.90. The van der Waals surface area contributed by atoms with Crippen molar-refractivity contribution in [3.63, 3.8) is 0 Å². The fraction of sp³-hybridized carbons (Fsp3) is 0.571. The van der Waals surface area contributed by atoms with E-state index >= 15 is 0 Å². The van der Waals surface area contributed by atoms with E-state index < -0.39 is 15.8 Å². The first-order valence-electron chi connectivity index (χ1n) is 6.96. The summed E-state index contributed by atoms with van der Waals surface area (Å²) in [5.74, 6) is -0.419. The topological polar surface area (TPSA) is 58.6 Å². The Morgan fingerprint density at radius 2 is 1.81 bits per heavy atom. The molecule has 21 heavy (non-hydrogen) atoms. The van der Waals surface area contributed by atoms with Gasteiger partial charge in [-0.05, 0) is 37.1 Å². The molecule has 0 aliphatic carbocycles. The van der Waals surface area contributed by atoms with Crippen LogP contribution in [-0.2, 0) is 14.8 Å². The van der Waals surface area contributed by atoms with E-state index in [9.17, 15) is 12.8 Å². The van der Waals surface area contributed by atoms with Gasteiger partial charge in [0.1, 0.15) is 5.82 Å². The van der Waals surface area contributed by atoms with Gasteiger partial charge >= 0.3 is 0 Å². The molecule has 0 spiro atoms. The molecule has 1 aliphatic heterocycles. The zero-order chi connectivity index (χ0) is 15.5. The van der Waals surface area contributed by atoms with E-state index in [4.69, 9.17) is 4.74 Å². The van der Waals surface area contributed by atoms with Gasteiger partial charge in [0.05, 0.1) is 18.1 Å². The van der Waals surface area contributed by atoms with Gasteiger partial charge in [-0.1, -0.05) is 0 Å². The number of rotatable bonds is 5. The van der Waals surface area contributed by atoms with Gasteiger partial charge < -0.3 is 4.74 Å². The van der Waals surface area contributed by atoms with Crippen LogP contribution >= 0.6 is 0 Å². The third kappa shape index (κ3) is 4.23.